The van der Waals surface area contributed by atoms with E-state index >= 15 is 0 Å². The highest BCUT2D eigenvalue weighted by molar-refractivity contribution is 5.86. The van der Waals surface area contributed by atoms with Crippen LogP contribution in [0.3, 0.4) is 0 Å². The molecular formula is C19H27Cl2N5O. The van der Waals surface area contributed by atoms with Gasteiger partial charge in [-0.05, 0) is 44.1 Å². The van der Waals surface area contributed by atoms with E-state index in [1.165, 1.54) is 5.69 Å². The Labute approximate surface area is 172 Å². The Morgan fingerprint density at radius 1 is 0.963 bits per heavy atom. The van der Waals surface area contributed by atoms with Gasteiger partial charge in [-0.25, -0.2) is 0 Å². The maximum atomic E-state index is 13.4. The fraction of sp³-hybridized carbons (Fsp3) is 0.474. The van der Waals surface area contributed by atoms with Crippen molar-refractivity contribution in [2.45, 2.75) is 18.4 Å². The molecule has 0 saturated carbocycles. The molecule has 0 spiro atoms. The number of anilines is 1. The molecule has 6 nitrogen and oxygen atoms in total. The summed E-state index contributed by atoms with van der Waals surface area (Å²) in [7, 11) is 0. The van der Waals surface area contributed by atoms with E-state index in [-0.39, 0.29) is 30.7 Å². The van der Waals surface area contributed by atoms with E-state index in [2.05, 4.69) is 39.6 Å². The van der Waals surface area contributed by atoms with Crippen LogP contribution >= 0.6 is 24.8 Å². The summed E-state index contributed by atoms with van der Waals surface area (Å²) in [5.74, 6) is 0.227. The minimum Gasteiger partial charge on any atom is -0.368 e. The normalized spacial score (nSPS) is 19.0. The molecule has 1 aromatic heterocycles. The average molecular weight is 412 g/mol. The van der Waals surface area contributed by atoms with Crippen molar-refractivity contribution in [3.8, 4) is 0 Å². The zero-order valence-corrected chi connectivity index (χ0v) is 16.9. The Morgan fingerprint density at radius 3 is 2.22 bits per heavy atom. The highest BCUT2D eigenvalue weighted by Gasteiger charge is 2.44. The number of piperazine rings is 1. The molecule has 0 radical (unpaired) electrons. The Bertz CT molecular complexity index is 696. The molecule has 2 aliphatic rings. The molecule has 3 heterocycles. The number of nitrogens with one attached hydrogen (secondary N) is 1. The van der Waals surface area contributed by atoms with Crippen molar-refractivity contribution in [1.29, 1.82) is 0 Å². The van der Waals surface area contributed by atoms with Crippen molar-refractivity contribution in [1.82, 2.24) is 20.0 Å². The number of para-hydroxylation sites is 1. The molecule has 0 unspecified atom stereocenters. The number of carbonyl (C=O) groups excluding carboxylic acids is 1. The standard InChI is InChI=1S/C19H25N5O.2ClH/c25-18(19(7-10-20-11-8-19)24-12-4-9-21-24)23-15-13-22(14-16-23)17-5-2-1-3-6-17;;/h1-6,9,12,20H,7-8,10-11,13-16H2;2*1H. The van der Waals surface area contributed by atoms with Crippen LogP contribution in [-0.2, 0) is 10.3 Å². The number of piperidine rings is 1. The molecule has 0 atom stereocenters. The number of benzene rings is 1. The molecule has 4 rings (SSSR count). The molecule has 0 bridgehead atoms. The lowest BCUT2D eigenvalue weighted by Crippen LogP contribution is -2.59. The van der Waals surface area contributed by atoms with Crippen LogP contribution in [-0.4, -0.2) is 59.9 Å². The van der Waals surface area contributed by atoms with Crippen molar-refractivity contribution in [3.63, 3.8) is 0 Å². The van der Waals surface area contributed by atoms with E-state index < -0.39 is 5.54 Å². The molecule has 2 aliphatic heterocycles. The van der Waals surface area contributed by atoms with E-state index in [9.17, 15) is 4.79 Å². The van der Waals surface area contributed by atoms with E-state index in [4.69, 9.17) is 0 Å². The Kier molecular flexibility index (Phi) is 7.53. The van der Waals surface area contributed by atoms with Gasteiger partial charge < -0.3 is 15.1 Å². The smallest absolute Gasteiger partial charge is 0.250 e. The van der Waals surface area contributed by atoms with Crippen molar-refractivity contribution < 1.29 is 4.79 Å². The van der Waals surface area contributed by atoms with Crippen LogP contribution in [0.25, 0.3) is 0 Å². The Morgan fingerprint density at radius 2 is 1.63 bits per heavy atom. The fourth-order valence-corrected chi connectivity index (χ4v) is 4.00. The van der Waals surface area contributed by atoms with Crippen LogP contribution in [0.15, 0.2) is 48.8 Å². The van der Waals surface area contributed by atoms with Crippen LogP contribution in [0.2, 0.25) is 0 Å². The largest absolute Gasteiger partial charge is 0.368 e. The summed E-state index contributed by atoms with van der Waals surface area (Å²) < 4.78 is 1.89. The van der Waals surface area contributed by atoms with Crippen molar-refractivity contribution >= 4 is 36.4 Å². The van der Waals surface area contributed by atoms with Gasteiger partial charge in [0.05, 0.1) is 0 Å². The van der Waals surface area contributed by atoms with Gasteiger partial charge >= 0.3 is 0 Å². The highest BCUT2D eigenvalue weighted by atomic mass is 35.5. The summed E-state index contributed by atoms with van der Waals surface area (Å²) in [6.07, 6.45) is 5.30. The van der Waals surface area contributed by atoms with E-state index in [0.29, 0.717) is 0 Å². The van der Waals surface area contributed by atoms with Gasteiger partial charge in [-0.2, -0.15) is 5.10 Å². The molecule has 2 fully saturated rings. The van der Waals surface area contributed by atoms with Crippen LogP contribution in [0.5, 0.6) is 0 Å². The van der Waals surface area contributed by atoms with E-state index in [1.54, 1.807) is 6.20 Å². The summed E-state index contributed by atoms with van der Waals surface area (Å²) in [5.41, 5.74) is 0.710. The third-order valence-corrected chi connectivity index (χ3v) is 5.46. The predicted octanol–water partition coefficient (Wildman–Crippen LogP) is 2.15. The van der Waals surface area contributed by atoms with E-state index in [0.717, 1.165) is 52.1 Å². The predicted molar refractivity (Wildman–Crippen MR) is 112 cm³/mol. The van der Waals surface area contributed by atoms with Gasteiger partial charge in [0.15, 0.2) is 0 Å². The van der Waals surface area contributed by atoms with Gasteiger partial charge in [0, 0.05) is 44.3 Å². The number of rotatable bonds is 3. The lowest BCUT2D eigenvalue weighted by molar-refractivity contribution is -0.143. The van der Waals surface area contributed by atoms with Gasteiger partial charge in [-0.3, -0.25) is 9.48 Å². The fourth-order valence-electron chi connectivity index (χ4n) is 4.00. The maximum absolute atomic E-state index is 13.4. The number of hydrogen-bond acceptors (Lipinski definition) is 4. The zero-order valence-electron chi connectivity index (χ0n) is 15.3. The first-order valence-corrected chi connectivity index (χ1v) is 9.10. The number of aromatic nitrogens is 2. The van der Waals surface area contributed by atoms with Gasteiger partial charge in [-0.15, -0.1) is 24.8 Å². The average Bonchev–Trinajstić information content (AvgIpc) is 3.24. The second-order valence-corrected chi connectivity index (χ2v) is 6.85. The number of nitrogens with zero attached hydrogens (tertiary/aromatic N) is 4. The molecule has 1 aromatic carbocycles. The summed E-state index contributed by atoms with van der Waals surface area (Å²) in [5, 5.41) is 7.79. The molecule has 2 aromatic rings. The first-order valence-electron chi connectivity index (χ1n) is 9.10. The number of hydrogen-bond donors (Lipinski definition) is 1. The summed E-state index contributed by atoms with van der Waals surface area (Å²) in [6.45, 7) is 5.01. The molecule has 8 heteroatoms. The van der Waals surface area contributed by atoms with E-state index in [1.807, 2.05) is 27.9 Å². The minimum atomic E-state index is -0.524. The van der Waals surface area contributed by atoms with Crippen LogP contribution in [0.4, 0.5) is 5.69 Å². The third-order valence-electron chi connectivity index (χ3n) is 5.46. The second kappa shape index (κ2) is 9.44. The van der Waals surface area contributed by atoms with Crippen LogP contribution in [0, 0.1) is 0 Å². The maximum Gasteiger partial charge on any atom is 0.250 e. The topological polar surface area (TPSA) is 53.4 Å². The molecule has 2 saturated heterocycles. The Balaban J connectivity index is 0.00000131. The van der Waals surface area contributed by atoms with Gasteiger partial charge in [-0.1, -0.05) is 18.2 Å². The van der Waals surface area contributed by atoms with Gasteiger partial charge in [0.25, 0.3) is 5.91 Å². The minimum absolute atomic E-state index is 0. The number of halogens is 2. The first-order chi connectivity index (χ1) is 12.3. The summed E-state index contributed by atoms with van der Waals surface area (Å²) in [4.78, 5) is 17.8. The molecule has 1 N–H and O–H groups in total. The number of carbonyl (C=O) groups is 1. The lowest BCUT2D eigenvalue weighted by Gasteiger charge is -2.43. The first kappa shape index (κ1) is 21.5. The van der Waals surface area contributed by atoms with Crippen molar-refractivity contribution in [2.75, 3.05) is 44.2 Å². The highest BCUT2D eigenvalue weighted by Crippen LogP contribution is 2.30. The summed E-state index contributed by atoms with van der Waals surface area (Å²) in [6, 6.07) is 12.3. The zero-order chi connectivity index (χ0) is 17.1. The van der Waals surface area contributed by atoms with Gasteiger partial charge in [0.2, 0.25) is 0 Å². The van der Waals surface area contributed by atoms with Gasteiger partial charge in [0.1, 0.15) is 5.54 Å². The molecule has 1 amide bonds. The third kappa shape index (κ3) is 4.23. The quantitative estimate of drug-likeness (QED) is 0.840. The molecule has 27 heavy (non-hydrogen) atoms. The molecular weight excluding hydrogens is 385 g/mol. The molecule has 0 aliphatic carbocycles. The van der Waals surface area contributed by atoms with Crippen molar-refractivity contribution in [2.24, 2.45) is 0 Å². The SMILES string of the molecule is Cl.Cl.O=C(N1CCN(c2ccccc2)CC1)C1(n2cccn2)CCNCC1. The van der Waals surface area contributed by atoms with Crippen LogP contribution in [0.1, 0.15) is 12.8 Å². The summed E-state index contributed by atoms with van der Waals surface area (Å²) >= 11 is 0. The van der Waals surface area contributed by atoms with Crippen molar-refractivity contribution in [3.05, 3.63) is 48.8 Å². The lowest BCUT2D eigenvalue weighted by atomic mass is 9.86. The Hall–Kier alpha value is -1.76. The molecule has 148 valence electrons. The second-order valence-electron chi connectivity index (χ2n) is 6.85. The monoisotopic (exact) mass is 411 g/mol. The van der Waals surface area contributed by atoms with Crippen LogP contribution < -0.4 is 10.2 Å². The number of amides is 1.